The number of rotatable bonds is 10. The van der Waals surface area contributed by atoms with E-state index in [1.807, 2.05) is 6.07 Å². The highest BCUT2D eigenvalue weighted by molar-refractivity contribution is 14.0. The fraction of sp³-hybridized carbons (Fsp3) is 0.765. The van der Waals surface area contributed by atoms with Gasteiger partial charge >= 0.3 is 0 Å². The molecule has 140 valence electrons. The standard InChI is InChI=1S/C17H33N5O.HI/c1-6-18-17(19-10-9-11-22(7-2)8-3)20-13-15-12-16(14(4)5)21-23-15;/h12,14H,6-11,13H2,1-5H3,(H2,18,19,20);1H. The van der Waals surface area contributed by atoms with Gasteiger partial charge in [0, 0.05) is 19.2 Å². The molecule has 1 rings (SSSR count). The maximum atomic E-state index is 5.32. The molecule has 0 saturated heterocycles. The number of nitrogens with zero attached hydrogens (tertiary/aromatic N) is 3. The first-order valence-electron chi connectivity index (χ1n) is 8.80. The van der Waals surface area contributed by atoms with Crippen molar-refractivity contribution in [3.05, 3.63) is 17.5 Å². The summed E-state index contributed by atoms with van der Waals surface area (Å²) in [5.74, 6) is 2.01. The van der Waals surface area contributed by atoms with E-state index in [9.17, 15) is 0 Å². The number of halogens is 1. The third-order valence-electron chi connectivity index (χ3n) is 3.74. The van der Waals surface area contributed by atoms with Crippen molar-refractivity contribution in [2.45, 2.75) is 53.5 Å². The molecule has 2 N–H and O–H groups in total. The van der Waals surface area contributed by atoms with E-state index in [1.54, 1.807) is 0 Å². The molecule has 0 atom stereocenters. The number of hydrogen-bond donors (Lipinski definition) is 2. The van der Waals surface area contributed by atoms with Crippen LogP contribution in [-0.4, -0.2) is 48.7 Å². The third kappa shape index (κ3) is 8.86. The van der Waals surface area contributed by atoms with Gasteiger partial charge in [0.25, 0.3) is 0 Å². The maximum absolute atomic E-state index is 5.32. The molecule has 0 radical (unpaired) electrons. The zero-order chi connectivity index (χ0) is 17.1. The lowest BCUT2D eigenvalue weighted by Crippen LogP contribution is -2.38. The van der Waals surface area contributed by atoms with E-state index in [4.69, 9.17) is 4.52 Å². The van der Waals surface area contributed by atoms with Crippen molar-refractivity contribution in [3.63, 3.8) is 0 Å². The highest BCUT2D eigenvalue weighted by Crippen LogP contribution is 2.14. The van der Waals surface area contributed by atoms with Crippen LogP contribution in [0.3, 0.4) is 0 Å². The van der Waals surface area contributed by atoms with Crippen LogP contribution in [0.25, 0.3) is 0 Å². The molecule has 6 nitrogen and oxygen atoms in total. The smallest absolute Gasteiger partial charge is 0.191 e. The molecule has 0 bridgehead atoms. The van der Waals surface area contributed by atoms with Crippen LogP contribution in [0.15, 0.2) is 15.6 Å². The summed E-state index contributed by atoms with van der Waals surface area (Å²) in [5.41, 5.74) is 0.979. The number of guanidine groups is 1. The summed E-state index contributed by atoms with van der Waals surface area (Å²) in [7, 11) is 0. The van der Waals surface area contributed by atoms with Gasteiger partial charge in [0.15, 0.2) is 11.7 Å². The lowest BCUT2D eigenvalue weighted by atomic mass is 10.1. The van der Waals surface area contributed by atoms with E-state index in [0.29, 0.717) is 12.5 Å². The zero-order valence-corrected chi connectivity index (χ0v) is 18.1. The highest BCUT2D eigenvalue weighted by Gasteiger charge is 2.07. The Morgan fingerprint density at radius 1 is 1.25 bits per heavy atom. The zero-order valence-electron chi connectivity index (χ0n) is 15.8. The van der Waals surface area contributed by atoms with Crippen molar-refractivity contribution in [2.24, 2.45) is 4.99 Å². The van der Waals surface area contributed by atoms with Gasteiger partial charge in [-0.15, -0.1) is 24.0 Å². The van der Waals surface area contributed by atoms with Crippen LogP contribution in [0.5, 0.6) is 0 Å². The molecule has 1 aromatic rings. The summed E-state index contributed by atoms with van der Waals surface area (Å²) in [6.07, 6.45) is 1.10. The Labute approximate surface area is 163 Å². The van der Waals surface area contributed by atoms with E-state index < -0.39 is 0 Å². The number of hydrogen-bond acceptors (Lipinski definition) is 4. The average Bonchev–Trinajstić information content (AvgIpc) is 3.02. The van der Waals surface area contributed by atoms with Gasteiger partial charge < -0.3 is 20.1 Å². The Kier molecular flexibility index (Phi) is 13.0. The molecule has 0 aromatic carbocycles. The van der Waals surface area contributed by atoms with Crippen LogP contribution in [0.1, 0.15) is 58.4 Å². The van der Waals surface area contributed by atoms with Gasteiger partial charge in [0.2, 0.25) is 0 Å². The second kappa shape index (κ2) is 13.5. The van der Waals surface area contributed by atoms with E-state index >= 15 is 0 Å². The first-order valence-corrected chi connectivity index (χ1v) is 8.80. The van der Waals surface area contributed by atoms with Gasteiger partial charge in [-0.05, 0) is 38.9 Å². The SMILES string of the molecule is CCNC(=NCc1cc(C(C)C)no1)NCCCN(CC)CC.I. The number of aromatic nitrogens is 1. The number of aliphatic imine (C=N–C) groups is 1. The van der Waals surface area contributed by atoms with Crippen molar-refractivity contribution in [1.29, 1.82) is 0 Å². The van der Waals surface area contributed by atoms with Gasteiger partial charge in [-0.25, -0.2) is 4.99 Å². The normalized spacial score (nSPS) is 11.7. The third-order valence-corrected chi connectivity index (χ3v) is 3.74. The molecule has 1 aromatic heterocycles. The van der Waals surface area contributed by atoms with E-state index in [2.05, 4.69) is 60.3 Å². The lowest BCUT2D eigenvalue weighted by molar-refractivity contribution is 0.300. The van der Waals surface area contributed by atoms with Gasteiger partial charge in [-0.2, -0.15) is 0 Å². The monoisotopic (exact) mass is 451 g/mol. The fourth-order valence-electron chi connectivity index (χ4n) is 2.22. The van der Waals surface area contributed by atoms with Gasteiger partial charge in [-0.3, -0.25) is 0 Å². The fourth-order valence-corrected chi connectivity index (χ4v) is 2.22. The second-order valence-electron chi connectivity index (χ2n) is 5.88. The Morgan fingerprint density at radius 2 is 1.96 bits per heavy atom. The Morgan fingerprint density at radius 3 is 2.50 bits per heavy atom. The summed E-state index contributed by atoms with van der Waals surface area (Å²) in [6, 6.07) is 1.98. The van der Waals surface area contributed by atoms with Gasteiger partial charge in [0.05, 0.1) is 5.69 Å². The molecule has 0 saturated carbocycles. The van der Waals surface area contributed by atoms with E-state index in [-0.39, 0.29) is 24.0 Å². The summed E-state index contributed by atoms with van der Waals surface area (Å²) in [6.45, 7) is 16.3. The second-order valence-corrected chi connectivity index (χ2v) is 5.88. The van der Waals surface area contributed by atoms with Crippen LogP contribution < -0.4 is 10.6 Å². The molecule has 0 unspecified atom stereocenters. The molecule has 0 fully saturated rings. The number of nitrogens with one attached hydrogen (secondary N) is 2. The van der Waals surface area contributed by atoms with Crippen LogP contribution >= 0.6 is 24.0 Å². The Balaban J connectivity index is 0.00000529. The Hall–Kier alpha value is -0.830. The summed E-state index contributed by atoms with van der Waals surface area (Å²) in [4.78, 5) is 6.98. The molecule has 0 aliphatic heterocycles. The molecule has 7 heteroatoms. The van der Waals surface area contributed by atoms with Gasteiger partial charge in [-0.1, -0.05) is 32.9 Å². The lowest BCUT2D eigenvalue weighted by Gasteiger charge is -2.18. The van der Waals surface area contributed by atoms with Gasteiger partial charge in [0.1, 0.15) is 6.54 Å². The predicted octanol–water partition coefficient (Wildman–Crippen LogP) is 3.20. The van der Waals surface area contributed by atoms with Crippen LogP contribution in [0.4, 0.5) is 0 Å². The molecule has 24 heavy (non-hydrogen) atoms. The molecule has 0 aliphatic rings. The molecule has 1 heterocycles. The Bertz CT molecular complexity index is 458. The molecular weight excluding hydrogens is 417 g/mol. The van der Waals surface area contributed by atoms with Crippen LogP contribution in [0, 0.1) is 0 Å². The minimum Gasteiger partial charge on any atom is -0.359 e. The topological polar surface area (TPSA) is 65.7 Å². The van der Waals surface area contributed by atoms with Crippen molar-refractivity contribution in [2.75, 3.05) is 32.7 Å². The quantitative estimate of drug-likeness (QED) is 0.248. The van der Waals surface area contributed by atoms with E-state index in [1.165, 1.54) is 0 Å². The molecule has 0 spiro atoms. The van der Waals surface area contributed by atoms with E-state index in [0.717, 1.165) is 56.6 Å². The highest BCUT2D eigenvalue weighted by atomic mass is 127. The summed E-state index contributed by atoms with van der Waals surface area (Å²) < 4.78 is 5.32. The minimum absolute atomic E-state index is 0. The average molecular weight is 451 g/mol. The van der Waals surface area contributed by atoms with Crippen molar-refractivity contribution in [3.8, 4) is 0 Å². The largest absolute Gasteiger partial charge is 0.359 e. The molecular formula is C17H34IN5O. The van der Waals surface area contributed by atoms with Crippen molar-refractivity contribution >= 4 is 29.9 Å². The first-order chi connectivity index (χ1) is 11.1. The summed E-state index contributed by atoms with van der Waals surface area (Å²) >= 11 is 0. The summed E-state index contributed by atoms with van der Waals surface area (Å²) in [5, 5.41) is 10.7. The van der Waals surface area contributed by atoms with Crippen LogP contribution in [-0.2, 0) is 6.54 Å². The predicted molar refractivity (Wildman–Crippen MR) is 111 cm³/mol. The first kappa shape index (κ1) is 23.2. The van der Waals surface area contributed by atoms with Crippen LogP contribution in [0.2, 0.25) is 0 Å². The van der Waals surface area contributed by atoms with Crippen molar-refractivity contribution < 1.29 is 4.52 Å². The maximum Gasteiger partial charge on any atom is 0.191 e. The molecule has 0 amide bonds. The minimum atomic E-state index is 0. The van der Waals surface area contributed by atoms with Crippen molar-refractivity contribution in [1.82, 2.24) is 20.7 Å². The molecule has 0 aliphatic carbocycles.